The van der Waals surface area contributed by atoms with Crippen molar-refractivity contribution in [1.82, 2.24) is 5.43 Å². The second-order valence-corrected chi connectivity index (χ2v) is 7.58. The number of benzene rings is 4. The van der Waals surface area contributed by atoms with Crippen LogP contribution in [0, 0.1) is 0 Å². The fourth-order valence-corrected chi connectivity index (χ4v) is 3.40. The van der Waals surface area contributed by atoms with Crippen molar-refractivity contribution in [2.45, 2.75) is 0 Å². The summed E-state index contributed by atoms with van der Waals surface area (Å²) in [4.78, 5) is 24.5. The first kappa shape index (κ1) is 22.0. The first-order valence-electron chi connectivity index (χ1n) is 10.2. The monoisotopic (exact) mass is 457 g/mol. The van der Waals surface area contributed by atoms with E-state index in [1.54, 1.807) is 60.8 Å². The molecule has 0 heterocycles. The number of hydrogen-bond acceptors (Lipinski definition) is 4. The van der Waals surface area contributed by atoms with Crippen molar-refractivity contribution in [2.75, 3.05) is 11.9 Å². The minimum absolute atomic E-state index is 0.138. The minimum atomic E-state index is -0.293. The molecule has 0 atom stereocenters. The van der Waals surface area contributed by atoms with Crippen LogP contribution < -0.4 is 15.5 Å². The lowest BCUT2D eigenvalue weighted by Gasteiger charge is -2.08. The van der Waals surface area contributed by atoms with E-state index in [2.05, 4.69) is 15.8 Å². The number of rotatable bonds is 7. The van der Waals surface area contributed by atoms with Gasteiger partial charge in [0.15, 0.2) is 6.61 Å². The fraction of sp³-hybridized carbons (Fsp3) is 0.0385. The third kappa shape index (κ3) is 5.96. The van der Waals surface area contributed by atoms with Gasteiger partial charge in [0.1, 0.15) is 5.75 Å². The molecule has 0 saturated carbocycles. The Hall–Kier alpha value is -4.16. The topological polar surface area (TPSA) is 79.8 Å². The Morgan fingerprint density at radius 3 is 2.48 bits per heavy atom. The first-order valence-corrected chi connectivity index (χ1v) is 10.6. The summed E-state index contributed by atoms with van der Waals surface area (Å²) < 4.78 is 5.51. The quantitative estimate of drug-likeness (QED) is 0.293. The van der Waals surface area contributed by atoms with Gasteiger partial charge in [0.2, 0.25) is 0 Å². The molecule has 0 saturated heterocycles. The smallest absolute Gasteiger partial charge is 0.271 e. The molecule has 164 valence electrons. The van der Waals surface area contributed by atoms with E-state index in [4.69, 9.17) is 16.3 Å². The lowest BCUT2D eigenvalue weighted by Crippen LogP contribution is -2.20. The summed E-state index contributed by atoms with van der Waals surface area (Å²) in [6, 6.07) is 27.1. The van der Waals surface area contributed by atoms with Gasteiger partial charge in [-0.1, -0.05) is 54.1 Å². The second kappa shape index (κ2) is 10.4. The van der Waals surface area contributed by atoms with Crippen LogP contribution in [-0.2, 0) is 4.79 Å². The Kier molecular flexibility index (Phi) is 6.97. The summed E-state index contributed by atoms with van der Waals surface area (Å²) in [6.45, 7) is -0.138. The van der Waals surface area contributed by atoms with Crippen LogP contribution in [0.1, 0.15) is 15.9 Å². The zero-order chi connectivity index (χ0) is 23.0. The van der Waals surface area contributed by atoms with Gasteiger partial charge in [-0.15, -0.1) is 0 Å². The van der Waals surface area contributed by atoms with Crippen LogP contribution in [0.25, 0.3) is 10.8 Å². The number of carbonyl (C=O) groups is 2. The molecule has 4 aromatic carbocycles. The number of anilines is 1. The van der Waals surface area contributed by atoms with Gasteiger partial charge < -0.3 is 10.1 Å². The molecule has 33 heavy (non-hydrogen) atoms. The Morgan fingerprint density at radius 2 is 1.67 bits per heavy atom. The molecular formula is C26H20ClN3O3. The average molecular weight is 458 g/mol. The third-order valence-electron chi connectivity index (χ3n) is 4.77. The van der Waals surface area contributed by atoms with Gasteiger partial charge in [0.05, 0.1) is 6.21 Å². The average Bonchev–Trinajstić information content (AvgIpc) is 2.83. The zero-order valence-corrected chi connectivity index (χ0v) is 18.3. The van der Waals surface area contributed by atoms with Crippen molar-refractivity contribution < 1.29 is 14.3 Å². The molecule has 0 aliphatic carbocycles. The molecule has 4 rings (SSSR count). The highest BCUT2D eigenvalue weighted by atomic mass is 35.5. The van der Waals surface area contributed by atoms with Crippen molar-refractivity contribution in [3.05, 3.63) is 107 Å². The number of nitrogens with zero attached hydrogens (tertiary/aromatic N) is 1. The highest BCUT2D eigenvalue weighted by molar-refractivity contribution is 6.30. The second-order valence-electron chi connectivity index (χ2n) is 7.14. The Balaban J connectivity index is 1.29. The van der Waals surface area contributed by atoms with E-state index in [1.807, 2.05) is 36.4 Å². The number of hydrazone groups is 1. The zero-order valence-electron chi connectivity index (χ0n) is 17.5. The van der Waals surface area contributed by atoms with Crippen molar-refractivity contribution in [2.24, 2.45) is 5.10 Å². The Labute approximate surface area is 195 Å². The van der Waals surface area contributed by atoms with E-state index in [0.717, 1.165) is 16.3 Å². The highest BCUT2D eigenvalue weighted by Crippen LogP contribution is 2.18. The van der Waals surface area contributed by atoms with Crippen LogP contribution in [-0.4, -0.2) is 24.6 Å². The van der Waals surface area contributed by atoms with Gasteiger partial charge in [-0.2, -0.15) is 5.10 Å². The molecule has 0 unspecified atom stereocenters. The maximum absolute atomic E-state index is 12.5. The van der Waals surface area contributed by atoms with E-state index in [1.165, 1.54) is 0 Å². The van der Waals surface area contributed by atoms with Gasteiger partial charge in [-0.3, -0.25) is 9.59 Å². The van der Waals surface area contributed by atoms with E-state index in [-0.39, 0.29) is 18.4 Å². The van der Waals surface area contributed by atoms with Crippen LogP contribution in [0.15, 0.2) is 96.1 Å². The van der Waals surface area contributed by atoms with E-state index < -0.39 is 0 Å². The number of amides is 2. The molecule has 6 nitrogen and oxygen atoms in total. The maximum atomic E-state index is 12.5. The van der Waals surface area contributed by atoms with E-state index in [9.17, 15) is 9.59 Å². The Morgan fingerprint density at radius 1 is 0.909 bits per heavy atom. The van der Waals surface area contributed by atoms with Crippen LogP contribution in [0.2, 0.25) is 5.02 Å². The normalized spacial score (nSPS) is 10.8. The molecule has 2 N–H and O–H groups in total. The van der Waals surface area contributed by atoms with E-state index >= 15 is 0 Å². The van der Waals surface area contributed by atoms with Gasteiger partial charge in [0.25, 0.3) is 11.8 Å². The number of nitrogens with one attached hydrogen (secondary N) is 2. The lowest BCUT2D eigenvalue weighted by molar-refractivity contribution is -0.118. The summed E-state index contributed by atoms with van der Waals surface area (Å²) in [5.74, 6) is -0.0408. The molecule has 7 heteroatoms. The van der Waals surface area contributed by atoms with Crippen molar-refractivity contribution >= 4 is 46.1 Å². The van der Waals surface area contributed by atoms with Gasteiger partial charge in [-0.25, -0.2) is 5.43 Å². The molecule has 4 aromatic rings. The molecule has 2 amide bonds. The largest absolute Gasteiger partial charge is 0.484 e. The van der Waals surface area contributed by atoms with Gasteiger partial charge >= 0.3 is 0 Å². The van der Waals surface area contributed by atoms with Gasteiger partial charge in [-0.05, 0) is 64.9 Å². The summed E-state index contributed by atoms with van der Waals surface area (Å²) in [7, 11) is 0. The van der Waals surface area contributed by atoms with Crippen molar-refractivity contribution in [3.8, 4) is 5.75 Å². The summed E-state index contributed by atoms with van der Waals surface area (Å²) >= 11 is 5.91. The molecular weight excluding hydrogens is 438 g/mol. The summed E-state index contributed by atoms with van der Waals surface area (Å²) in [6.07, 6.45) is 1.54. The third-order valence-corrected chi connectivity index (χ3v) is 5.01. The summed E-state index contributed by atoms with van der Waals surface area (Å²) in [5, 5.41) is 9.16. The standard InChI is InChI=1S/C26H20ClN3O3/c27-20-7-4-8-21(15-20)29-25(31)17-33-22-13-11-18(12-14-22)16-28-30-26(32)24-10-3-6-19-5-1-2-9-23(19)24/h1-16H,17H2,(H,29,31)(H,30,32)/b28-16-. The van der Waals surface area contributed by atoms with Crippen molar-refractivity contribution in [1.29, 1.82) is 0 Å². The van der Waals surface area contributed by atoms with Gasteiger partial charge in [0, 0.05) is 16.3 Å². The predicted octanol–water partition coefficient (Wildman–Crippen LogP) is 5.27. The summed E-state index contributed by atoms with van der Waals surface area (Å²) in [5.41, 5.74) is 4.49. The van der Waals surface area contributed by atoms with E-state index in [0.29, 0.717) is 22.0 Å². The maximum Gasteiger partial charge on any atom is 0.271 e. The number of carbonyl (C=O) groups excluding carboxylic acids is 2. The van der Waals surface area contributed by atoms with Crippen LogP contribution >= 0.6 is 11.6 Å². The number of ether oxygens (including phenoxy) is 1. The fourth-order valence-electron chi connectivity index (χ4n) is 3.21. The van der Waals surface area contributed by atoms with Crippen LogP contribution in [0.5, 0.6) is 5.75 Å². The minimum Gasteiger partial charge on any atom is -0.484 e. The van der Waals surface area contributed by atoms with Crippen molar-refractivity contribution in [3.63, 3.8) is 0 Å². The molecule has 0 aromatic heterocycles. The number of fused-ring (bicyclic) bond motifs is 1. The number of hydrogen-bond donors (Lipinski definition) is 2. The highest BCUT2D eigenvalue weighted by Gasteiger charge is 2.08. The first-order chi connectivity index (χ1) is 16.1. The lowest BCUT2D eigenvalue weighted by atomic mass is 10.0. The molecule has 0 aliphatic heterocycles. The number of halogens is 1. The Bertz CT molecular complexity index is 1310. The molecule has 0 fully saturated rings. The molecule has 0 spiro atoms. The van der Waals surface area contributed by atoms with Crippen LogP contribution in [0.4, 0.5) is 5.69 Å². The molecule has 0 aliphatic rings. The molecule has 0 bridgehead atoms. The van der Waals surface area contributed by atoms with Crippen LogP contribution in [0.3, 0.4) is 0 Å². The molecule has 0 radical (unpaired) electrons. The SMILES string of the molecule is O=C(COc1ccc(/C=N\NC(=O)c2cccc3ccccc23)cc1)Nc1cccc(Cl)c1. The predicted molar refractivity (Wildman–Crippen MR) is 131 cm³/mol.